The van der Waals surface area contributed by atoms with E-state index in [1.54, 1.807) is 17.8 Å². The van der Waals surface area contributed by atoms with Gasteiger partial charge in [0, 0.05) is 29.6 Å². The topological polar surface area (TPSA) is 48.0 Å². The maximum Gasteiger partial charge on any atom is 0.185 e. The van der Waals surface area contributed by atoms with Gasteiger partial charge in [0.15, 0.2) is 17.2 Å². The molecule has 3 aromatic rings. The molecular weight excluding hydrogens is 284 g/mol. The minimum absolute atomic E-state index is 0.341. The summed E-state index contributed by atoms with van der Waals surface area (Å²) in [4.78, 5) is 15.4. The molecule has 0 spiro atoms. The van der Waals surface area contributed by atoms with Gasteiger partial charge in [-0.05, 0) is 18.2 Å². The summed E-state index contributed by atoms with van der Waals surface area (Å²) in [5.74, 6) is 2.14. The van der Waals surface area contributed by atoms with Crippen molar-refractivity contribution in [2.45, 2.75) is 11.7 Å². The molecule has 0 unspecified atom stereocenters. The molecule has 5 heteroatoms. The van der Waals surface area contributed by atoms with Crippen molar-refractivity contribution in [3.63, 3.8) is 0 Å². The van der Waals surface area contributed by atoms with Gasteiger partial charge in [-0.1, -0.05) is 30.0 Å². The monoisotopic (exact) mass is 296 g/mol. The quantitative estimate of drug-likeness (QED) is 0.691. The molecule has 2 aromatic heterocycles. The maximum absolute atomic E-state index is 10.7. The summed E-state index contributed by atoms with van der Waals surface area (Å²) < 4.78 is 7.66. The highest BCUT2D eigenvalue weighted by molar-refractivity contribution is 7.99. The Balaban J connectivity index is 1.73. The third-order valence-electron chi connectivity index (χ3n) is 3.49. The third kappa shape index (κ3) is 2.19. The maximum atomic E-state index is 10.7. The van der Waals surface area contributed by atoms with Gasteiger partial charge in [0.05, 0.1) is 5.69 Å². The van der Waals surface area contributed by atoms with Crippen molar-refractivity contribution in [2.24, 2.45) is 0 Å². The molecule has 0 saturated heterocycles. The van der Waals surface area contributed by atoms with Crippen LogP contribution < -0.4 is 0 Å². The molecule has 1 aliphatic rings. The van der Waals surface area contributed by atoms with Gasteiger partial charge >= 0.3 is 0 Å². The molecular formula is C16H12N2O2S. The first kappa shape index (κ1) is 12.5. The Hall–Kier alpha value is -2.27. The zero-order valence-corrected chi connectivity index (χ0v) is 12.0. The van der Waals surface area contributed by atoms with Gasteiger partial charge < -0.3 is 8.98 Å². The number of aldehydes is 1. The van der Waals surface area contributed by atoms with E-state index in [0.29, 0.717) is 17.8 Å². The van der Waals surface area contributed by atoms with Gasteiger partial charge in [-0.2, -0.15) is 0 Å². The number of imidazole rings is 1. The standard InChI is InChI=1S/C16H12N2O2S/c19-10-13-4-5-15(20-13)12-3-1-2-11(8-12)14-9-18-6-7-21-16(18)17-14/h1-5,8-10H,6-7H2. The average Bonchev–Trinajstić information content (AvgIpc) is 3.22. The van der Waals surface area contributed by atoms with Crippen LogP contribution in [0.4, 0.5) is 0 Å². The normalized spacial score (nSPS) is 13.3. The highest BCUT2D eigenvalue weighted by Gasteiger charge is 2.15. The molecule has 3 heterocycles. The van der Waals surface area contributed by atoms with Gasteiger partial charge in [-0.3, -0.25) is 4.79 Å². The minimum atomic E-state index is 0.341. The van der Waals surface area contributed by atoms with Crippen LogP contribution in [-0.4, -0.2) is 21.6 Å². The van der Waals surface area contributed by atoms with Crippen LogP contribution in [0.5, 0.6) is 0 Å². The first-order valence-electron chi connectivity index (χ1n) is 6.69. The lowest BCUT2D eigenvalue weighted by Gasteiger charge is -2.01. The van der Waals surface area contributed by atoms with E-state index >= 15 is 0 Å². The zero-order valence-electron chi connectivity index (χ0n) is 11.2. The van der Waals surface area contributed by atoms with Gasteiger partial charge in [-0.15, -0.1) is 0 Å². The summed E-state index contributed by atoms with van der Waals surface area (Å²) in [5.41, 5.74) is 2.97. The molecule has 1 aliphatic heterocycles. The number of furan rings is 1. The summed E-state index contributed by atoms with van der Waals surface area (Å²) >= 11 is 1.78. The van der Waals surface area contributed by atoms with E-state index in [0.717, 1.165) is 34.3 Å². The molecule has 1 aromatic carbocycles. The molecule has 0 radical (unpaired) electrons. The van der Waals surface area contributed by atoms with Crippen LogP contribution in [0.2, 0.25) is 0 Å². The lowest BCUT2D eigenvalue weighted by Crippen LogP contribution is -1.89. The molecule has 104 valence electrons. The number of aryl methyl sites for hydroxylation is 1. The SMILES string of the molecule is O=Cc1ccc(-c2cccc(-c3cn4c(n3)SCC4)c2)o1. The van der Waals surface area contributed by atoms with Gasteiger partial charge in [0.1, 0.15) is 5.76 Å². The summed E-state index contributed by atoms with van der Waals surface area (Å²) in [5, 5.41) is 1.08. The van der Waals surface area contributed by atoms with Crippen molar-refractivity contribution < 1.29 is 9.21 Å². The molecule has 4 rings (SSSR count). The van der Waals surface area contributed by atoms with Crippen molar-refractivity contribution in [1.29, 1.82) is 0 Å². The fourth-order valence-electron chi connectivity index (χ4n) is 2.45. The molecule has 0 fully saturated rings. The number of carbonyl (C=O) groups excluding carboxylic acids is 1. The largest absolute Gasteiger partial charge is 0.453 e. The number of thioether (sulfide) groups is 1. The first-order valence-corrected chi connectivity index (χ1v) is 7.68. The summed E-state index contributed by atoms with van der Waals surface area (Å²) in [6.07, 6.45) is 2.80. The second-order valence-electron chi connectivity index (χ2n) is 4.85. The molecule has 0 atom stereocenters. The number of aromatic nitrogens is 2. The number of fused-ring (bicyclic) bond motifs is 1. The van der Waals surface area contributed by atoms with Crippen molar-refractivity contribution >= 4 is 18.0 Å². The van der Waals surface area contributed by atoms with Crippen LogP contribution in [0.15, 0.2) is 52.2 Å². The smallest absolute Gasteiger partial charge is 0.185 e. The first-order chi connectivity index (χ1) is 10.3. The Morgan fingerprint density at radius 2 is 2.14 bits per heavy atom. The second kappa shape index (κ2) is 4.93. The fraction of sp³-hybridized carbons (Fsp3) is 0.125. The third-order valence-corrected chi connectivity index (χ3v) is 4.46. The summed E-state index contributed by atoms with van der Waals surface area (Å²) in [7, 11) is 0. The average molecular weight is 296 g/mol. The van der Waals surface area contributed by atoms with Gasteiger partial charge in [0.25, 0.3) is 0 Å². The predicted molar refractivity (Wildman–Crippen MR) is 81.5 cm³/mol. The predicted octanol–water partition coefficient (Wildman–Crippen LogP) is 3.73. The van der Waals surface area contributed by atoms with Crippen molar-refractivity contribution in [1.82, 2.24) is 9.55 Å². The number of benzene rings is 1. The molecule has 0 saturated carbocycles. The van der Waals surface area contributed by atoms with E-state index in [9.17, 15) is 4.79 Å². The van der Waals surface area contributed by atoms with Crippen LogP contribution in [0.1, 0.15) is 10.6 Å². The van der Waals surface area contributed by atoms with E-state index < -0.39 is 0 Å². The van der Waals surface area contributed by atoms with Crippen LogP contribution >= 0.6 is 11.8 Å². The van der Waals surface area contributed by atoms with Crippen molar-refractivity contribution in [2.75, 3.05) is 5.75 Å². The van der Waals surface area contributed by atoms with E-state index in [1.807, 2.05) is 30.3 Å². The van der Waals surface area contributed by atoms with Crippen LogP contribution in [0, 0.1) is 0 Å². The van der Waals surface area contributed by atoms with Crippen molar-refractivity contribution in [3.8, 4) is 22.6 Å². The number of hydrogen-bond acceptors (Lipinski definition) is 4. The molecule has 21 heavy (non-hydrogen) atoms. The zero-order chi connectivity index (χ0) is 14.2. The van der Waals surface area contributed by atoms with Gasteiger partial charge in [0.2, 0.25) is 0 Å². The Kier molecular flexibility index (Phi) is 2.93. The van der Waals surface area contributed by atoms with E-state index in [1.165, 1.54) is 0 Å². The second-order valence-corrected chi connectivity index (χ2v) is 5.91. The Morgan fingerprint density at radius 1 is 1.24 bits per heavy atom. The molecule has 0 bridgehead atoms. The lowest BCUT2D eigenvalue weighted by molar-refractivity contribution is 0.110. The summed E-state index contributed by atoms with van der Waals surface area (Å²) in [6, 6.07) is 11.5. The Labute approximate surface area is 125 Å². The highest BCUT2D eigenvalue weighted by atomic mass is 32.2. The number of nitrogens with zero attached hydrogens (tertiary/aromatic N) is 2. The molecule has 0 aliphatic carbocycles. The molecule has 0 N–H and O–H groups in total. The van der Waals surface area contributed by atoms with Crippen molar-refractivity contribution in [3.05, 3.63) is 48.4 Å². The minimum Gasteiger partial charge on any atom is -0.453 e. The molecule has 4 nitrogen and oxygen atoms in total. The Bertz CT molecular complexity index is 798. The lowest BCUT2D eigenvalue weighted by atomic mass is 10.1. The number of rotatable bonds is 3. The van der Waals surface area contributed by atoms with E-state index in [2.05, 4.69) is 15.7 Å². The van der Waals surface area contributed by atoms with Crippen LogP contribution in [0.3, 0.4) is 0 Å². The Morgan fingerprint density at radius 3 is 2.95 bits per heavy atom. The fourth-order valence-corrected chi connectivity index (χ4v) is 3.40. The van der Waals surface area contributed by atoms with E-state index in [4.69, 9.17) is 4.42 Å². The van der Waals surface area contributed by atoms with E-state index in [-0.39, 0.29) is 0 Å². The summed E-state index contributed by atoms with van der Waals surface area (Å²) in [6.45, 7) is 1.02. The highest BCUT2D eigenvalue weighted by Crippen LogP contribution is 2.31. The molecule has 0 amide bonds. The van der Waals surface area contributed by atoms with Gasteiger partial charge in [-0.25, -0.2) is 4.98 Å². The van der Waals surface area contributed by atoms with Crippen LogP contribution in [0.25, 0.3) is 22.6 Å². The number of carbonyl (C=O) groups is 1. The number of hydrogen-bond donors (Lipinski definition) is 0. The van der Waals surface area contributed by atoms with Crippen LogP contribution in [-0.2, 0) is 6.54 Å².